The number of fused-ring (bicyclic) bond motifs is 1. The first kappa shape index (κ1) is 12.2. The molecule has 96 valence electrons. The first-order valence-electron chi connectivity index (χ1n) is 5.56. The molecule has 0 unspecified atom stereocenters. The lowest BCUT2D eigenvalue weighted by Gasteiger charge is -2.08. The van der Waals surface area contributed by atoms with Gasteiger partial charge in [-0.05, 0) is 17.7 Å². The van der Waals surface area contributed by atoms with Crippen LogP contribution in [0.1, 0.15) is 5.56 Å². The Labute approximate surface area is 119 Å². The number of aromatic nitrogens is 4. The van der Waals surface area contributed by atoms with Crippen LogP contribution in [0, 0.1) is 0 Å². The van der Waals surface area contributed by atoms with Gasteiger partial charge in [0.15, 0.2) is 5.82 Å². The molecule has 0 bridgehead atoms. The fourth-order valence-electron chi connectivity index (χ4n) is 1.73. The fourth-order valence-corrected chi connectivity index (χ4v) is 2.20. The molecule has 0 saturated heterocycles. The molecule has 0 fully saturated rings. The zero-order valence-corrected chi connectivity index (χ0v) is 11.2. The van der Waals surface area contributed by atoms with Crippen LogP contribution in [0.5, 0.6) is 0 Å². The van der Waals surface area contributed by atoms with Crippen LogP contribution in [0.2, 0.25) is 10.0 Å². The molecule has 3 aromatic rings. The van der Waals surface area contributed by atoms with E-state index in [2.05, 4.69) is 20.5 Å². The van der Waals surface area contributed by atoms with Crippen molar-refractivity contribution in [3.8, 4) is 0 Å². The molecule has 7 heteroatoms. The van der Waals surface area contributed by atoms with E-state index in [4.69, 9.17) is 23.2 Å². The minimum Gasteiger partial charge on any atom is -0.363 e. The molecule has 0 aliphatic rings. The number of nitrogens with zero attached hydrogens (tertiary/aromatic N) is 4. The third kappa shape index (κ3) is 2.47. The van der Waals surface area contributed by atoms with Gasteiger partial charge < -0.3 is 5.32 Å². The predicted octanol–water partition coefficient (Wildman–Crippen LogP) is 3.04. The summed E-state index contributed by atoms with van der Waals surface area (Å²) < 4.78 is 1.79. The molecule has 0 amide bonds. The second-order valence-electron chi connectivity index (χ2n) is 3.93. The lowest BCUT2D eigenvalue weighted by Crippen LogP contribution is -2.04. The molecule has 1 aromatic carbocycles. The van der Waals surface area contributed by atoms with Crippen LogP contribution in [-0.4, -0.2) is 19.6 Å². The molecule has 0 spiro atoms. The van der Waals surface area contributed by atoms with E-state index >= 15 is 0 Å². The predicted molar refractivity (Wildman–Crippen MR) is 74.6 cm³/mol. The van der Waals surface area contributed by atoms with Crippen LogP contribution < -0.4 is 5.32 Å². The molecular weight excluding hydrogens is 285 g/mol. The summed E-state index contributed by atoms with van der Waals surface area (Å²) in [4.78, 5) is 4.24. The van der Waals surface area contributed by atoms with Gasteiger partial charge in [0, 0.05) is 29.0 Å². The molecular formula is C12H9Cl2N5. The Kier molecular flexibility index (Phi) is 3.23. The normalized spacial score (nSPS) is 10.8. The quantitative estimate of drug-likeness (QED) is 0.806. The topological polar surface area (TPSA) is 55.1 Å². The Bertz CT molecular complexity index is 725. The van der Waals surface area contributed by atoms with Gasteiger partial charge in [0.1, 0.15) is 6.33 Å². The Morgan fingerprint density at radius 2 is 2.16 bits per heavy atom. The summed E-state index contributed by atoms with van der Waals surface area (Å²) in [5.41, 5.74) is 1.61. The van der Waals surface area contributed by atoms with Gasteiger partial charge in [0.2, 0.25) is 5.65 Å². The molecule has 0 saturated carbocycles. The van der Waals surface area contributed by atoms with Crippen LogP contribution in [0.4, 0.5) is 5.82 Å². The van der Waals surface area contributed by atoms with Crippen LogP contribution in [0.3, 0.4) is 0 Å². The molecule has 3 rings (SSSR count). The van der Waals surface area contributed by atoms with E-state index in [-0.39, 0.29) is 0 Å². The van der Waals surface area contributed by atoms with Crippen LogP contribution >= 0.6 is 23.2 Å². The highest BCUT2D eigenvalue weighted by molar-refractivity contribution is 6.35. The molecule has 0 aliphatic heterocycles. The van der Waals surface area contributed by atoms with E-state index in [9.17, 15) is 0 Å². The maximum Gasteiger partial charge on any atom is 0.203 e. The average Bonchev–Trinajstić information content (AvgIpc) is 2.86. The number of anilines is 1. The van der Waals surface area contributed by atoms with Gasteiger partial charge in [-0.1, -0.05) is 29.3 Å². The zero-order chi connectivity index (χ0) is 13.2. The van der Waals surface area contributed by atoms with Crippen LogP contribution in [-0.2, 0) is 6.54 Å². The summed E-state index contributed by atoms with van der Waals surface area (Å²) in [6, 6.07) is 5.39. The van der Waals surface area contributed by atoms with Crippen LogP contribution in [0.15, 0.2) is 36.9 Å². The summed E-state index contributed by atoms with van der Waals surface area (Å²) in [6.45, 7) is 0.537. The fraction of sp³-hybridized carbons (Fsp3) is 0.0833. The number of benzene rings is 1. The number of rotatable bonds is 3. The van der Waals surface area contributed by atoms with E-state index in [1.54, 1.807) is 35.3 Å². The van der Waals surface area contributed by atoms with Crippen molar-refractivity contribution in [1.29, 1.82) is 0 Å². The Morgan fingerprint density at radius 3 is 3.00 bits per heavy atom. The van der Waals surface area contributed by atoms with Crippen molar-refractivity contribution >= 4 is 34.7 Å². The summed E-state index contributed by atoms with van der Waals surface area (Å²) in [6.07, 6.45) is 5.09. The van der Waals surface area contributed by atoms with Gasteiger partial charge >= 0.3 is 0 Å². The van der Waals surface area contributed by atoms with Crippen molar-refractivity contribution in [2.24, 2.45) is 0 Å². The molecule has 0 aliphatic carbocycles. The van der Waals surface area contributed by atoms with E-state index < -0.39 is 0 Å². The highest BCUT2D eigenvalue weighted by atomic mass is 35.5. The van der Waals surface area contributed by atoms with Crippen molar-refractivity contribution in [1.82, 2.24) is 19.6 Å². The second kappa shape index (κ2) is 5.03. The first-order chi connectivity index (χ1) is 9.24. The van der Waals surface area contributed by atoms with Gasteiger partial charge in [-0.3, -0.25) is 4.40 Å². The molecule has 1 N–H and O–H groups in total. The van der Waals surface area contributed by atoms with E-state index in [1.165, 1.54) is 0 Å². The SMILES string of the molecule is Clc1ccc(CNc2nccn3cnnc23)c(Cl)c1. The largest absolute Gasteiger partial charge is 0.363 e. The minimum absolute atomic E-state index is 0.537. The van der Waals surface area contributed by atoms with E-state index in [1.807, 2.05) is 6.07 Å². The maximum absolute atomic E-state index is 6.11. The number of hydrogen-bond donors (Lipinski definition) is 1. The lowest BCUT2D eigenvalue weighted by atomic mass is 10.2. The van der Waals surface area contributed by atoms with Gasteiger partial charge in [-0.2, -0.15) is 0 Å². The Balaban J connectivity index is 1.84. The highest BCUT2D eigenvalue weighted by Crippen LogP contribution is 2.22. The van der Waals surface area contributed by atoms with E-state index in [0.717, 1.165) is 5.56 Å². The van der Waals surface area contributed by atoms with Crippen molar-refractivity contribution < 1.29 is 0 Å². The van der Waals surface area contributed by atoms with Gasteiger partial charge in [-0.15, -0.1) is 10.2 Å². The Morgan fingerprint density at radius 1 is 1.26 bits per heavy atom. The van der Waals surface area contributed by atoms with Crippen LogP contribution in [0.25, 0.3) is 5.65 Å². The highest BCUT2D eigenvalue weighted by Gasteiger charge is 2.06. The third-order valence-corrected chi connectivity index (χ3v) is 3.26. The minimum atomic E-state index is 0.537. The van der Waals surface area contributed by atoms with Crippen molar-refractivity contribution in [2.75, 3.05) is 5.32 Å². The number of halogens is 2. The summed E-state index contributed by atoms with van der Waals surface area (Å²) in [5, 5.41) is 12.3. The molecule has 5 nitrogen and oxygen atoms in total. The average molecular weight is 294 g/mol. The smallest absolute Gasteiger partial charge is 0.203 e. The van der Waals surface area contributed by atoms with Gasteiger partial charge in [0.25, 0.3) is 0 Å². The van der Waals surface area contributed by atoms with Gasteiger partial charge in [0.05, 0.1) is 0 Å². The summed E-state index contributed by atoms with van der Waals surface area (Å²) in [7, 11) is 0. The zero-order valence-electron chi connectivity index (χ0n) is 9.72. The molecule has 2 heterocycles. The molecule has 2 aromatic heterocycles. The lowest BCUT2D eigenvalue weighted by molar-refractivity contribution is 1.07. The first-order valence-corrected chi connectivity index (χ1v) is 6.32. The number of nitrogens with one attached hydrogen (secondary N) is 1. The molecule has 0 radical (unpaired) electrons. The van der Waals surface area contributed by atoms with Crippen molar-refractivity contribution in [3.63, 3.8) is 0 Å². The maximum atomic E-state index is 6.11. The number of hydrogen-bond acceptors (Lipinski definition) is 4. The summed E-state index contributed by atoms with van der Waals surface area (Å²) in [5.74, 6) is 0.658. The van der Waals surface area contributed by atoms with Gasteiger partial charge in [-0.25, -0.2) is 4.98 Å². The summed E-state index contributed by atoms with van der Waals surface area (Å²) >= 11 is 12.0. The Hall–Kier alpha value is -1.85. The second-order valence-corrected chi connectivity index (χ2v) is 4.77. The van der Waals surface area contributed by atoms with Crippen molar-refractivity contribution in [3.05, 3.63) is 52.5 Å². The third-order valence-electron chi connectivity index (χ3n) is 2.68. The monoisotopic (exact) mass is 293 g/mol. The van der Waals surface area contributed by atoms with Crippen molar-refractivity contribution in [2.45, 2.75) is 6.54 Å². The van der Waals surface area contributed by atoms with E-state index in [0.29, 0.717) is 28.1 Å². The standard InChI is InChI=1S/C12H9Cl2N5/c13-9-2-1-8(10(14)5-9)6-16-11-12-18-17-7-19(12)4-3-15-11/h1-5,7H,6H2,(H,15,16). The molecule has 0 atom stereocenters. The molecule has 19 heavy (non-hydrogen) atoms.